The maximum Gasteiger partial charge on any atom is 0.230 e. The monoisotopic (exact) mass is 461 g/mol. The molecule has 2 aromatic carbocycles. The summed E-state index contributed by atoms with van der Waals surface area (Å²) in [5.74, 6) is 0.502. The molecule has 6 heteroatoms. The number of amides is 1. The maximum atomic E-state index is 12.3. The lowest BCUT2D eigenvalue weighted by Crippen LogP contribution is -2.45. The summed E-state index contributed by atoms with van der Waals surface area (Å²) < 4.78 is 1.05. The Morgan fingerprint density at radius 1 is 1.00 bits per heavy atom. The van der Waals surface area contributed by atoms with E-state index >= 15 is 0 Å². The van der Waals surface area contributed by atoms with E-state index in [0.29, 0.717) is 12.3 Å². The Balaban J connectivity index is 1.47. The number of hydrogen-bond acceptors (Lipinski definition) is 4. The molecule has 0 aliphatic carbocycles. The van der Waals surface area contributed by atoms with Gasteiger partial charge in [0.25, 0.3) is 0 Å². The van der Waals surface area contributed by atoms with Crippen molar-refractivity contribution < 1.29 is 4.79 Å². The largest absolute Gasteiger partial charge is 0.351 e. The smallest absolute Gasteiger partial charge is 0.230 e. The first kappa shape index (κ1) is 21.4. The van der Waals surface area contributed by atoms with Crippen molar-refractivity contribution in [3.05, 3.63) is 64.1 Å². The van der Waals surface area contributed by atoms with Crippen LogP contribution in [0.25, 0.3) is 0 Å². The van der Waals surface area contributed by atoms with Crippen LogP contribution in [0.5, 0.6) is 0 Å². The lowest BCUT2D eigenvalue weighted by atomic mass is 10.1. The van der Waals surface area contributed by atoms with Crippen LogP contribution in [0.4, 0.5) is 0 Å². The zero-order valence-electron chi connectivity index (χ0n) is 16.4. The molecule has 1 N–H and O–H groups in total. The Morgan fingerprint density at radius 2 is 1.64 bits per heavy atom. The van der Waals surface area contributed by atoms with Gasteiger partial charge in [0, 0.05) is 48.6 Å². The zero-order valence-corrected chi connectivity index (χ0v) is 18.8. The fraction of sp³-hybridized carbons (Fsp3) is 0.409. The third-order valence-corrected chi connectivity index (χ3v) is 6.62. The lowest BCUT2D eigenvalue weighted by molar-refractivity contribution is -0.118. The van der Waals surface area contributed by atoms with Crippen molar-refractivity contribution in [1.29, 1.82) is 0 Å². The molecule has 0 aromatic heterocycles. The molecule has 1 saturated heterocycles. The fourth-order valence-corrected chi connectivity index (χ4v) is 4.31. The Kier molecular flexibility index (Phi) is 8.40. The highest BCUT2D eigenvalue weighted by molar-refractivity contribution is 9.10. The van der Waals surface area contributed by atoms with E-state index in [9.17, 15) is 4.79 Å². The second-order valence-corrected chi connectivity index (χ2v) is 8.96. The number of rotatable bonds is 8. The van der Waals surface area contributed by atoms with Crippen molar-refractivity contribution in [2.75, 3.05) is 38.5 Å². The zero-order chi connectivity index (χ0) is 19.8. The summed E-state index contributed by atoms with van der Waals surface area (Å²) in [5, 5.41) is 3.08. The second kappa shape index (κ2) is 11.0. The quantitative estimate of drug-likeness (QED) is 0.602. The highest BCUT2D eigenvalue weighted by Gasteiger charge is 2.16. The van der Waals surface area contributed by atoms with Crippen LogP contribution in [-0.2, 0) is 17.9 Å². The molecule has 1 aliphatic rings. The molecular weight excluding hydrogens is 434 g/mol. The highest BCUT2D eigenvalue weighted by Crippen LogP contribution is 2.20. The molecule has 4 nitrogen and oxygen atoms in total. The second-order valence-electron chi connectivity index (χ2n) is 7.00. The summed E-state index contributed by atoms with van der Waals surface area (Å²) in [5.41, 5.74) is 2.52. The van der Waals surface area contributed by atoms with Crippen LogP contribution in [-0.4, -0.2) is 54.2 Å². The standard InChI is InChI=1S/C22H28BrN3OS/c1-2-25-11-13-26(14-12-25)16-19-6-4-3-5-18(19)15-24-22(27)17-28-21-9-7-20(23)8-10-21/h3-10H,2,11-17H2,1H3,(H,24,27). The molecule has 2 aromatic rings. The first-order valence-electron chi connectivity index (χ1n) is 9.80. The van der Waals surface area contributed by atoms with Gasteiger partial charge in [-0.05, 0) is 41.9 Å². The van der Waals surface area contributed by atoms with Gasteiger partial charge in [0.2, 0.25) is 5.91 Å². The number of nitrogens with zero attached hydrogens (tertiary/aromatic N) is 2. The first-order valence-corrected chi connectivity index (χ1v) is 11.6. The number of thioether (sulfide) groups is 1. The minimum atomic E-state index is 0.0688. The Hall–Kier alpha value is -1.34. The number of halogens is 1. The van der Waals surface area contributed by atoms with Crippen molar-refractivity contribution in [3.63, 3.8) is 0 Å². The molecule has 1 amide bonds. The van der Waals surface area contributed by atoms with Gasteiger partial charge in [-0.3, -0.25) is 9.69 Å². The summed E-state index contributed by atoms with van der Waals surface area (Å²) in [6.45, 7) is 9.40. The molecule has 3 rings (SSSR count). The van der Waals surface area contributed by atoms with Gasteiger partial charge < -0.3 is 10.2 Å². The van der Waals surface area contributed by atoms with Gasteiger partial charge in [0.05, 0.1) is 5.75 Å². The molecular formula is C22H28BrN3OS. The van der Waals surface area contributed by atoms with Crippen LogP contribution in [0.15, 0.2) is 57.9 Å². The lowest BCUT2D eigenvalue weighted by Gasteiger charge is -2.34. The van der Waals surface area contributed by atoms with E-state index in [-0.39, 0.29) is 5.91 Å². The molecule has 0 radical (unpaired) electrons. The SMILES string of the molecule is CCN1CCN(Cc2ccccc2CNC(=O)CSc2ccc(Br)cc2)CC1. The molecule has 0 saturated carbocycles. The van der Waals surface area contributed by atoms with E-state index < -0.39 is 0 Å². The first-order chi connectivity index (χ1) is 13.6. The summed E-state index contributed by atoms with van der Waals surface area (Å²) in [4.78, 5) is 18.4. The maximum absolute atomic E-state index is 12.3. The third kappa shape index (κ3) is 6.62. The predicted molar refractivity (Wildman–Crippen MR) is 121 cm³/mol. The number of carbonyl (C=O) groups is 1. The molecule has 150 valence electrons. The van der Waals surface area contributed by atoms with Gasteiger partial charge in [0.15, 0.2) is 0 Å². The van der Waals surface area contributed by atoms with Crippen molar-refractivity contribution in [2.45, 2.75) is 24.9 Å². The number of carbonyl (C=O) groups excluding carboxylic acids is 1. The summed E-state index contributed by atoms with van der Waals surface area (Å²) in [7, 11) is 0. The van der Waals surface area contributed by atoms with Gasteiger partial charge in [-0.25, -0.2) is 0 Å². The van der Waals surface area contributed by atoms with Crippen LogP contribution in [0, 0.1) is 0 Å². The summed E-state index contributed by atoms with van der Waals surface area (Å²) in [6, 6.07) is 16.5. The van der Waals surface area contributed by atoms with E-state index in [4.69, 9.17) is 0 Å². The topological polar surface area (TPSA) is 35.6 Å². The Morgan fingerprint density at radius 3 is 2.32 bits per heavy atom. The molecule has 1 fully saturated rings. The molecule has 28 heavy (non-hydrogen) atoms. The molecule has 0 bridgehead atoms. The van der Waals surface area contributed by atoms with Crippen molar-refractivity contribution in [2.24, 2.45) is 0 Å². The summed E-state index contributed by atoms with van der Waals surface area (Å²) >= 11 is 4.99. The van der Waals surface area contributed by atoms with Crippen LogP contribution >= 0.6 is 27.7 Å². The number of benzene rings is 2. The molecule has 1 aliphatic heterocycles. The number of nitrogens with one attached hydrogen (secondary N) is 1. The predicted octanol–water partition coefficient (Wildman–Crippen LogP) is 4.00. The molecule has 1 heterocycles. The summed E-state index contributed by atoms with van der Waals surface area (Å²) in [6.07, 6.45) is 0. The van der Waals surface area contributed by atoms with E-state index in [1.807, 2.05) is 24.3 Å². The Bertz CT molecular complexity index is 761. The average molecular weight is 462 g/mol. The fourth-order valence-electron chi connectivity index (χ4n) is 3.31. The van der Waals surface area contributed by atoms with Crippen LogP contribution in [0.3, 0.4) is 0 Å². The van der Waals surface area contributed by atoms with Gasteiger partial charge in [-0.15, -0.1) is 11.8 Å². The van der Waals surface area contributed by atoms with Crippen LogP contribution in [0.2, 0.25) is 0 Å². The van der Waals surface area contributed by atoms with Gasteiger partial charge in [-0.2, -0.15) is 0 Å². The minimum Gasteiger partial charge on any atom is -0.351 e. The van der Waals surface area contributed by atoms with E-state index in [1.54, 1.807) is 11.8 Å². The van der Waals surface area contributed by atoms with Gasteiger partial charge >= 0.3 is 0 Å². The molecule has 0 spiro atoms. The van der Waals surface area contributed by atoms with Crippen molar-refractivity contribution in [3.8, 4) is 0 Å². The normalized spacial score (nSPS) is 15.5. The number of likely N-dealkylation sites (N-methyl/N-ethyl adjacent to an activating group) is 1. The third-order valence-electron chi connectivity index (χ3n) is 5.08. The van der Waals surface area contributed by atoms with Crippen molar-refractivity contribution in [1.82, 2.24) is 15.1 Å². The average Bonchev–Trinajstić information content (AvgIpc) is 2.73. The van der Waals surface area contributed by atoms with E-state index in [0.717, 1.165) is 48.6 Å². The molecule has 0 atom stereocenters. The Labute approximate surface area is 180 Å². The number of piperazine rings is 1. The minimum absolute atomic E-state index is 0.0688. The van der Waals surface area contributed by atoms with Gasteiger partial charge in [0.1, 0.15) is 0 Å². The van der Waals surface area contributed by atoms with Gasteiger partial charge in [-0.1, -0.05) is 47.1 Å². The van der Waals surface area contributed by atoms with Crippen LogP contribution in [0.1, 0.15) is 18.1 Å². The van der Waals surface area contributed by atoms with E-state index in [1.165, 1.54) is 11.1 Å². The van der Waals surface area contributed by atoms with E-state index in [2.05, 4.69) is 62.2 Å². The van der Waals surface area contributed by atoms with Crippen molar-refractivity contribution >= 4 is 33.6 Å². The highest BCUT2D eigenvalue weighted by atomic mass is 79.9. The molecule has 0 unspecified atom stereocenters. The number of hydrogen-bond donors (Lipinski definition) is 1. The van der Waals surface area contributed by atoms with Crippen LogP contribution < -0.4 is 5.32 Å².